The van der Waals surface area contributed by atoms with Crippen LogP contribution in [0.4, 0.5) is 0 Å². The maximum atomic E-state index is 12.4. The van der Waals surface area contributed by atoms with Crippen LogP contribution in [-0.2, 0) is 11.3 Å². The standard InChI is InChI=1S/C15H22N4O2S/c1-6-19-13(21)12-10(7-9(2)16-12)17-14(19)22-8-11(20)18-15(3,4)5/h7,16H,6,8H2,1-5H3,(H,18,20). The lowest BCUT2D eigenvalue weighted by Gasteiger charge is -2.20. The molecule has 1 amide bonds. The van der Waals surface area contributed by atoms with Crippen LogP contribution >= 0.6 is 11.8 Å². The van der Waals surface area contributed by atoms with Gasteiger partial charge < -0.3 is 10.3 Å². The van der Waals surface area contributed by atoms with Crippen molar-refractivity contribution in [3.8, 4) is 0 Å². The van der Waals surface area contributed by atoms with Gasteiger partial charge in [0.2, 0.25) is 5.91 Å². The predicted molar refractivity (Wildman–Crippen MR) is 89.4 cm³/mol. The second-order valence-corrected chi connectivity index (χ2v) is 7.19. The molecule has 2 heterocycles. The Morgan fingerprint density at radius 2 is 2.14 bits per heavy atom. The molecule has 0 aliphatic rings. The normalized spacial score (nSPS) is 11.9. The molecule has 0 radical (unpaired) electrons. The van der Waals surface area contributed by atoms with Crippen LogP contribution in [0.1, 0.15) is 33.4 Å². The molecular weight excluding hydrogens is 300 g/mol. The van der Waals surface area contributed by atoms with E-state index in [1.807, 2.05) is 40.7 Å². The van der Waals surface area contributed by atoms with Crippen molar-refractivity contribution in [1.29, 1.82) is 0 Å². The predicted octanol–water partition coefficient (Wildman–Crippen LogP) is 2.06. The number of carbonyl (C=O) groups excluding carboxylic acids is 1. The Morgan fingerprint density at radius 3 is 2.73 bits per heavy atom. The van der Waals surface area contributed by atoms with E-state index in [0.29, 0.717) is 22.7 Å². The van der Waals surface area contributed by atoms with E-state index in [-0.39, 0.29) is 22.8 Å². The molecule has 6 nitrogen and oxygen atoms in total. The molecule has 0 aliphatic carbocycles. The van der Waals surface area contributed by atoms with E-state index < -0.39 is 0 Å². The maximum Gasteiger partial charge on any atom is 0.278 e. The number of aromatic amines is 1. The van der Waals surface area contributed by atoms with Gasteiger partial charge in [-0.25, -0.2) is 4.98 Å². The van der Waals surface area contributed by atoms with Gasteiger partial charge in [-0.1, -0.05) is 11.8 Å². The maximum absolute atomic E-state index is 12.4. The molecule has 0 aliphatic heterocycles. The zero-order valence-electron chi connectivity index (χ0n) is 13.6. The molecule has 0 unspecified atom stereocenters. The Morgan fingerprint density at radius 1 is 1.45 bits per heavy atom. The number of nitrogens with one attached hydrogen (secondary N) is 2. The Bertz CT molecular complexity index is 755. The second kappa shape index (κ2) is 6.16. The van der Waals surface area contributed by atoms with Gasteiger partial charge in [0.05, 0.1) is 11.3 Å². The monoisotopic (exact) mass is 322 g/mol. The molecule has 22 heavy (non-hydrogen) atoms. The zero-order chi connectivity index (χ0) is 16.5. The van der Waals surface area contributed by atoms with Gasteiger partial charge in [0.1, 0.15) is 5.52 Å². The van der Waals surface area contributed by atoms with Gasteiger partial charge >= 0.3 is 0 Å². The number of nitrogens with zero attached hydrogens (tertiary/aromatic N) is 2. The highest BCUT2D eigenvalue weighted by Gasteiger charge is 2.16. The van der Waals surface area contributed by atoms with E-state index in [1.165, 1.54) is 11.8 Å². The Kier molecular flexibility index (Phi) is 4.65. The fourth-order valence-electron chi connectivity index (χ4n) is 2.18. The molecule has 0 saturated heterocycles. The molecule has 2 rings (SSSR count). The number of hydrogen-bond donors (Lipinski definition) is 2. The fourth-order valence-corrected chi connectivity index (χ4v) is 3.05. The fraction of sp³-hybridized carbons (Fsp3) is 0.533. The first kappa shape index (κ1) is 16.6. The first-order chi connectivity index (χ1) is 10.2. The summed E-state index contributed by atoms with van der Waals surface area (Å²) in [6, 6.07) is 1.84. The highest BCUT2D eigenvalue weighted by molar-refractivity contribution is 7.99. The number of aryl methyl sites for hydroxylation is 1. The molecule has 0 bridgehead atoms. The van der Waals surface area contributed by atoms with Gasteiger partial charge in [-0.15, -0.1) is 0 Å². The summed E-state index contributed by atoms with van der Waals surface area (Å²) in [5.41, 5.74) is 1.69. The largest absolute Gasteiger partial charge is 0.353 e. The summed E-state index contributed by atoms with van der Waals surface area (Å²) in [6.07, 6.45) is 0. The molecule has 0 aromatic carbocycles. The van der Waals surface area contributed by atoms with Crippen LogP contribution in [0.25, 0.3) is 11.0 Å². The number of amides is 1. The second-order valence-electron chi connectivity index (χ2n) is 6.24. The number of hydrogen-bond acceptors (Lipinski definition) is 4. The third kappa shape index (κ3) is 3.71. The smallest absolute Gasteiger partial charge is 0.278 e. The summed E-state index contributed by atoms with van der Waals surface area (Å²) >= 11 is 1.28. The van der Waals surface area contributed by atoms with Crippen LogP contribution in [0, 0.1) is 6.92 Å². The van der Waals surface area contributed by atoms with Gasteiger partial charge in [0, 0.05) is 17.8 Å². The highest BCUT2D eigenvalue weighted by atomic mass is 32.2. The average molecular weight is 322 g/mol. The van der Waals surface area contributed by atoms with Crippen LogP contribution in [0.5, 0.6) is 0 Å². The van der Waals surface area contributed by atoms with Gasteiger partial charge in [0.15, 0.2) is 5.16 Å². The molecule has 2 aromatic heterocycles. The van der Waals surface area contributed by atoms with Crippen LogP contribution < -0.4 is 10.9 Å². The van der Waals surface area contributed by atoms with Crippen LogP contribution in [-0.4, -0.2) is 31.7 Å². The van der Waals surface area contributed by atoms with Crippen molar-refractivity contribution in [3.63, 3.8) is 0 Å². The molecule has 0 atom stereocenters. The first-order valence-corrected chi connectivity index (χ1v) is 8.24. The van der Waals surface area contributed by atoms with Crippen LogP contribution in [0.3, 0.4) is 0 Å². The molecule has 0 saturated carbocycles. The van der Waals surface area contributed by atoms with Gasteiger partial charge in [-0.3, -0.25) is 14.2 Å². The molecular formula is C15H22N4O2S. The molecule has 2 N–H and O–H groups in total. The number of H-pyrrole nitrogens is 1. The Balaban J connectivity index is 2.27. The average Bonchev–Trinajstić information content (AvgIpc) is 2.75. The van der Waals surface area contributed by atoms with Gasteiger partial charge in [-0.05, 0) is 40.7 Å². The van der Waals surface area contributed by atoms with E-state index in [1.54, 1.807) is 4.57 Å². The van der Waals surface area contributed by atoms with E-state index in [2.05, 4.69) is 15.3 Å². The molecule has 7 heteroatoms. The topological polar surface area (TPSA) is 79.8 Å². The number of thioether (sulfide) groups is 1. The Labute approximate surface area is 133 Å². The van der Waals surface area contributed by atoms with Crippen molar-refractivity contribution < 1.29 is 4.79 Å². The first-order valence-electron chi connectivity index (χ1n) is 7.25. The van der Waals surface area contributed by atoms with Crippen molar-refractivity contribution in [2.75, 3.05) is 5.75 Å². The van der Waals surface area contributed by atoms with Crippen molar-refractivity contribution in [1.82, 2.24) is 19.9 Å². The third-order valence-corrected chi connectivity index (χ3v) is 3.98. The summed E-state index contributed by atoms with van der Waals surface area (Å²) in [4.78, 5) is 31.9. The van der Waals surface area contributed by atoms with Crippen molar-refractivity contribution in [3.05, 3.63) is 22.1 Å². The lowest BCUT2D eigenvalue weighted by molar-refractivity contribution is -0.119. The summed E-state index contributed by atoms with van der Waals surface area (Å²) < 4.78 is 1.59. The zero-order valence-corrected chi connectivity index (χ0v) is 14.4. The highest BCUT2D eigenvalue weighted by Crippen LogP contribution is 2.18. The third-order valence-electron chi connectivity index (χ3n) is 3.00. The molecule has 2 aromatic rings. The summed E-state index contributed by atoms with van der Waals surface area (Å²) in [5, 5.41) is 3.47. The minimum absolute atomic E-state index is 0.0697. The Hall–Kier alpha value is -1.76. The van der Waals surface area contributed by atoms with Crippen molar-refractivity contribution in [2.45, 2.75) is 51.9 Å². The quantitative estimate of drug-likeness (QED) is 0.667. The summed E-state index contributed by atoms with van der Waals surface area (Å²) in [5.74, 6) is 0.165. The SMILES string of the molecule is CCn1c(SCC(=O)NC(C)(C)C)nc2cc(C)[nH]c2c1=O. The number of carbonyl (C=O) groups is 1. The minimum atomic E-state index is -0.267. The van der Waals surface area contributed by atoms with Crippen LogP contribution in [0.2, 0.25) is 0 Å². The molecule has 120 valence electrons. The van der Waals surface area contributed by atoms with E-state index in [4.69, 9.17) is 0 Å². The van der Waals surface area contributed by atoms with E-state index in [0.717, 1.165) is 5.69 Å². The minimum Gasteiger partial charge on any atom is -0.353 e. The van der Waals surface area contributed by atoms with Crippen molar-refractivity contribution in [2.24, 2.45) is 0 Å². The number of fused-ring (bicyclic) bond motifs is 1. The molecule has 0 spiro atoms. The summed E-state index contributed by atoms with van der Waals surface area (Å²) in [7, 11) is 0. The van der Waals surface area contributed by atoms with Gasteiger partial charge in [0.25, 0.3) is 5.56 Å². The van der Waals surface area contributed by atoms with E-state index >= 15 is 0 Å². The number of aromatic nitrogens is 3. The lowest BCUT2D eigenvalue weighted by Crippen LogP contribution is -2.41. The lowest BCUT2D eigenvalue weighted by atomic mass is 10.1. The van der Waals surface area contributed by atoms with Crippen LogP contribution in [0.15, 0.2) is 16.0 Å². The summed E-state index contributed by atoms with van der Waals surface area (Å²) in [6.45, 7) is 10.1. The molecule has 0 fully saturated rings. The number of rotatable bonds is 4. The van der Waals surface area contributed by atoms with Gasteiger partial charge in [-0.2, -0.15) is 0 Å². The van der Waals surface area contributed by atoms with E-state index in [9.17, 15) is 9.59 Å². The van der Waals surface area contributed by atoms with Crippen molar-refractivity contribution >= 4 is 28.7 Å².